The zero-order valence-electron chi connectivity index (χ0n) is 9.08. The maximum absolute atomic E-state index is 5.37. The van der Waals surface area contributed by atoms with Crippen LogP contribution in [0.25, 0.3) is 0 Å². The number of hydrogen-bond acceptors (Lipinski definition) is 2. The van der Waals surface area contributed by atoms with E-state index in [2.05, 4.69) is 13.8 Å². The molecule has 1 rings (SSSR count). The van der Waals surface area contributed by atoms with E-state index in [1.807, 2.05) is 0 Å². The molecule has 0 aromatic heterocycles. The fourth-order valence-electron chi connectivity index (χ4n) is 2.21. The summed E-state index contributed by atoms with van der Waals surface area (Å²) in [6.45, 7) is 7.37. The van der Waals surface area contributed by atoms with Gasteiger partial charge in [-0.1, -0.05) is 13.8 Å². The molecule has 1 aliphatic rings. The fraction of sp³-hybridized carbons (Fsp3) is 1.00. The van der Waals surface area contributed by atoms with E-state index in [1.54, 1.807) is 7.11 Å². The van der Waals surface area contributed by atoms with Gasteiger partial charge in [0.15, 0.2) is 0 Å². The monoisotopic (exact) mass is 186 g/mol. The van der Waals surface area contributed by atoms with E-state index >= 15 is 0 Å². The van der Waals surface area contributed by atoms with Crippen molar-refractivity contribution >= 4 is 0 Å². The molecule has 0 aliphatic carbocycles. The Morgan fingerprint density at radius 1 is 1.31 bits per heavy atom. The molecule has 0 aromatic rings. The molecule has 1 saturated heterocycles. The van der Waals surface area contributed by atoms with Gasteiger partial charge in [0.1, 0.15) is 0 Å². The Morgan fingerprint density at radius 2 is 1.92 bits per heavy atom. The molecular formula is C11H22O2. The smallest absolute Gasteiger partial charge is 0.0495 e. The second kappa shape index (κ2) is 5.61. The summed E-state index contributed by atoms with van der Waals surface area (Å²) in [6, 6.07) is 0. The molecule has 1 atom stereocenters. The molecule has 0 amide bonds. The lowest BCUT2D eigenvalue weighted by Crippen LogP contribution is -2.29. The van der Waals surface area contributed by atoms with Crippen molar-refractivity contribution in [2.24, 2.45) is 17.8 Å². The maximum atomic E-state index is 5.37. The topological polar surface area (TPSA) is 18.5 Å². The lowest BCUT2D eigenvalue weighted by Gasteiger charge is -2.32. The number of hydrogen-bond donors (Lipinski definition) is 0. The van der Waals surface area contributed by atoms with E-state index in [0.29, 0.717) is 5.92 Å². The van der Waals surface area contributed by atoms with E-state index in [1.165, 1.54) is 12.8 Å². The van der Waals surface area contributed by atoms with Crippen molar-refractivity contribution in [2.45, 2.75) is 26.7 Å². The highest BCUT2D eigenvalue weighted by Gasteiger charge is 2.26. The van der Waals surface area contributed by atoms with Gasteiger partial charge >= 0.3 is 0 Å². The van der Waals surface area contributed by atoms with E-state index in [-0.39, 0.29) is 0 Å². The third-order valence-electron chi connectivity index (χ3n) is 3.09. The van der Waals surface area contributed by atoms with Gasteiger partial charge in [0.05, 0.1) is 0 Å². The van der Waals surface area contributed by atoms with Crippen molar-refractivity contribution in [3.05, 3.63) is 0 Å². The number of methoxy groups -OCH3 is 1. The van der Waals surface area contributed by atoms with Gasteiger partial charge in [0.25, 0.3) is 0 Å². The zero-order chi connectivity index (χ0) is 9.68. The van der Waals surface area contributed by atoms with Crippen LogP contribution in [0.1, 0.15) is 26.7 Å². The summed E-state index contributed by atoms with van der Waals surface area (Å²) in [5.74, 6) is 2.26. The first-order chi connectivity index (χ1) is 6.25. The predicted molar refractivity (Wildman–Crippen MR) is 53.7 cm³/mol. The molecule has 13 heavy (non-hydrogen) atoms. The van der Waals surface area contributed by atoms with E-state index < -0.39 is 0 Å². The summed E-state index contributed by atoms with van der Waals surface area (Å²) in [6.07, 6.45) is 2.43. The van der Waals surface area contributed by atoms with Crippen molar-refractivity contribution in [3.63, 3.8) is 0 Å². The zero-order valence-corrected chi connectivity index (χ0v) is 9.08. The quantitative estimate of drug-likeness (QED) is 0.671. The SMILES string of the molecule is COCC(C(C)C)C1CCOCC1. The second-order valence-corrected chi connectivity index (χ2v) is 4.31. The molecule has 0 saturated carbocycles. The third kappa shape index (κ3) is 3.28. The number of rotatable bonds is 4. The lowest BCUT2D eigenvalue weighted by molar-refractivity contribution is 0.0118. The molecule has 1 aliphatic heterocycles. The first kappa shape index (κ1) is 11.0. The predicted octanol–water partition coefficient (Wildman–Crippen LogP) is 2.33. The molecule has 0 N–H and O–H groups in total. The molecule has 78 valence electrons. The highest BCUT2D eigenvalue weighted by molar-refractivity contribution is 4.74. The average molecular weight is 186 g/mol. The van der Waals surface area contributed by atoms with Gasteiger partial charge in [0, 0.05) is 26.9 Å². The minimum absolute atomic E-state index is 0.717. The average Bonchev–Trinajstić information content (AvgIpc) is 2.15. The van der Waals surface area contributed by atoms with Gasteiger partial charge in [-0.05, 0) is 30.6 Å². The molecule has 0 bridgehead atoms. The van der Waals surface area contributed by atoms with Crippen molar-refractivity contribution < 1.29 is 9.47 Å². The third-order valence-corrected chi connectivity index (χ3v) is 3.09. The van der Waals surface area contributed by atoms with Crippen molar-refractivity contribution in [2.75, 3.05) is 26.9 Å². The Labute approximate surface area is 81.6 Å². The largest absolute Gasteiger partial charge is 0.384 e. The Bertz CT molecular complexity index is 128. The summed E-state index contributed by atoms with van der Waals surface area (Å²) in [5.41, 5.74) is 0. The van der Waals surface area contributed by atoms with Crippen molar-refractivity contribution in [1.82, 2.24) is 0 Å². The van der Waals surface area contributed by atoms with Crippen LogP contribution < -0.4 is 0 Å². The van der Waals surface area contributed by atoms with Gasteiger partial charge in [-0.3, -0.25) is 0 Å². The summed E-state index contributed by atoms with van der Waals surface area (Å²) in [5, 5.41) is 0. The molecule has 0 radical (unpaired) electrons. The van der Waals surface area contributed by atoms with Gasteiger partial charge in [0.2, 0.25) is 0 Å². The first-order valence-corrected chi connectivity index (χ1v) is 5.32. The van der Waals surface area contributed by atoms with Gasteiger partial charge in [-0.15, -0.1) is 0 Å². The summed E-state index contributed by atoms with van der Waals surface area (Å²) >= 11 is 0. The molecule has 2 nitrogen and oxygen atoms in total. The maximum Gasteiger partial charge on any atom is 0.0495 e. The van der Waals surface area contributed by atoms with Gasteiger partial charge < -0.3 is 9.47 Å². The second-order valence-electron chi connectivity index (χ2n) is 4.31. The van der Waals surface area contributed by atoms with Crippen LogP contribution in [0.3, 0.4) is 0 Å². The molecule has 0 aromatic carbocycles. The minimum Gasteiger partial charge on any atom is -0.384 e. The van der Waals surface area contributed by atoms with Gasteiger partial charge in [-0.25, -0.2) is 0 Å². The summed E-state index contributed by atoms with van der Waals surface area (Å²) < 4.78 is 10.6. The van der Waals surface area contributed by atoms with Gasteiger partial charge in [-0.2, -0.15) is 0 Å². The Kier molecular flexibility index (Phi) is 4.74. The Morgan fingerprint density at radius 3 is 2.38 bits per heavy atom. The van der Waals surface area contributed by atoms with Crippen LogP contribution in [0.15, 0.2) is 0 Å². The highest BCUT2D eigenvalue weighted by atomic mass is 16.5. The van der Waals surface area contributed by atoms with Crippen LogP contribution in [-0.2, 0) is 9.47 Å². The van der Waals surface area contributed by atoms with E-state index in [0.717, 1.165) is 31.7 Å². The molecule has 1 heterocycles. The van der Waals surface area contributed by atoms with E-state index in [9.17, 15) is 0 Å². The molecule has 1 unspecified atom stereocenters. The molecular weight excluding hydrogens is 164 g/mol. The van der Waals surface area contributed by atoms with Crippen molar-refractivity contribution in [1.29, 1.82) is 0 Å². The molecule has 1 fully saturated rings. The van der Waals surface area contributed by atoms with E-state index in [4.69, 9.17) is 9.47 Å². The summed E-state index contributed by atoms with van der Waals surface area (Å²) in [4.78, 5) is 0. The van der Waals surface area contributed by atoms with Crippen LogP contribution in [0, 0.1) is 17.8 Å². The minimum atomic E-state index is 0.717. The lowest BCUT2D eigenvalue weighted by atomic mass is 9.79. The van der Waals surface area contributed by atoms with Crippen LogP contribution in [-0.4, -0.2) is 26.9 Å². The molecule has 0 spiro atoms. The van der Waals surface area contributed by atoms with Crippen LogP contribution in [0.5, 0.6) is 0 Å². The Balaban J connectivity index is 2.41. The standard InChI is InChI=1S/C11H22O2/c1-9(2)11(8-12-3)10-4-6-13-7-5-10/h9-11H,4-8H2,1-3H3. The van der Waals surface area contributed by atoms with Crippen LogP contribution >= 0.6 is 0 Å². The normalized spacial score (nSPS) is 22.2. The van der Waals surface area contributed by atoms with Crippen LogP contribution in [0.2, 0.25) is 0 Å². The summed E-state index contributed by atoms with van der Waals surface area (Å²) in [7, 11) is 1.80. The highest BCUT2D eigenvalue weighted by Crippen LogP contribution is 2.29. The molecule has 2 heteroatoms. The van der Waals surface area contributed by atoms with Crippen molar-refractivity contribution in [3.8, 4) is 0 Å². The number of ether oxygens (including phenoxy) is 2. The first-order valence-electron chi connectivity index (χ1n) is 5.32. The fourth-order valence-corrected chi connectivity index (χ4v) is 2.21. The Hall–Kier alpha value is -0.0800. The van der Waals surface area contributed by atoms with Crippen LogP contribution in [0.4, 0.5) is 0 Å².